The van der Waals surface area contributed by atoms with Crippen molar-refractivity contribution in [2.75, 3.05) is 20.0 Å². The summed E-state index contributed by atoms with van der Waals surface area (Å²) in [4.78, 5) is 12.6. The van der Waals surface area contributed by atoms with Gasteiger partial charge in [-0.2, -0.15) is 0 Å². The Balaban J connectivity index is 2.38. The highest BCUT2D eigenvalue weighted by atomic mass is 16.6. The Morgan fingerprint density at radius 2 is 1.90 bits per heavy atom. The quantitative estimate of drug-likeness (QED) is 0.660. The van der Waals surface area contributed by atoms with E-state index in [2.05, 4.69) is 20.0 Å². The van der Waals surface area contributed by atoms with Gasteiger partial charge in [-0.15, -0.1) is 0 Å². The first kappa shape index (κ1) is 13.6. The van der Waals surface area contributed by atoms with E-state index >= 15 is 0 Å². The van der Waals surface area contributed by atoms with Gasteiger partial charge in [-0.1, -0.05) is 17.3 Å². The van der Waals surface area contributed by atoms with E-state index in [1.807, 2.05) is 12.1 Å². The average Bonchev–Trinajstić information content (AvgIpc) is 2.47. The zero-order valence-corrected chi connectivity index (χ0v) is 11.1. The Hall–Kier alpha value is -2.83. The fourth-order valence-electron chi connectivity index (χ4n) is 1.51. The predicted molar refractivity (Wildman–Crippen MR) is 74.1 cm³/mol. The van der Waals surface area contributed by atoms with Gasteiger partial charge in [-0.3, -0.25) is 0 Å². The number of rotatable bonds is 5. The van der Waals surface area contributed by atoms with Crippen LogP contribution in [0.25, 0.3) is 0 Å². The monoisotopic (exact) mass is 274 g/mol. The molecule has 1 aromatic carbocycles. The first-order valence-electron chi connectivity index (χ1n) is 5.74. The van der Waals surface area contributed by atoms with E-state index < -0.39 is 0 Å². The molecule has 7 heteroatoms. The zero-order valence-electron chi connectivity index (χ0n) is 11.1. The Bertz CT molecular complexity index is 616. The van der Waals surface area contributed by atoms with Crippen LogP contribution < -0.4 is 15.2 Å². The standard InChI is InChI=1S/C13H14N4O3/c1-18-10-5-3-4-6-11(10)20-13-9(7-17-19-2)12(14)15-8-16-13/h3-8H,1-2H3,(H2,14,15,16). The van der Waals surface area contributed by atoms with Gasteiger partial charge in [-0.25, -0.2) is 9.97 Å². The summed E-state index contributed by atoms with van der Waals surface area (Å²) < 4.78 is 10.9. The molecule has 0 bridgehead atoms. The molecule has 2 aromatic rings. The van der Waals surface area contributed by atoms with Gasteiger partial charge in [-0.05, 0) is 12.1 Å². The molecule has 2 N–H and O–H groups in total. The third-order valence-electron chi connectivity index (χ3n) is 2.44. The van der Waals surface area contributed by atoms with Gasteiger partial charge in [0.25, 0.3) is 0 Å². The van der Waals surface area contributed by atoms with Crippen LogP contribution in [-0.2, 0) is 4.84 Å². The van der Waals surface area contributed by atoms with E-state index in [1.54, 1.807) is 19.2 Å². The fourth-order valence-corrected chi connectivity index (χ4v) is 1.51. The average molecular weight is 274 g/mol. The van der Waals surface area contributed by atoms with Gasteiger partial charge >= 0.3 is 0 Å². The summed E-state index contributed by atoms with van der Waals surface area (Å²) in [6.45, 7) is 0. The first-order valence-corrected chi connectivity index (χ1v) is 5.74. The SMILES string of the molecule is CON=Cc1c(N)ncnc1Oc1ccccc1OC. The smallest absolute Gasteiger partial charge is 0.233 e. The number of oxime groups is 1. The minimum Gasteiger partial charge on any atom is -0.493 e. The molecule has 0 aliphatic heterocycles. The van der Waals surface area contributed by atoms with Crippen LogP contribution in [0.4, 0.5) is 5.82 Å². The molecule has 0 atom stereocenters. The van der Waals surface area contributed by atoms with Crippen molar-refractivity contribution in [3.05, 3.63) is 36.2 Å². The van der Waals surface area contributed by atoms with Gasteiger partial charge in [0.05, 0.1) is 13.3 Å². The maximum Gasteiger partial charge on any atom is 0.233 e. The summed E-state index contributed by atoms with van der Waals surface area (Å²) in [5.41, 5.74) is 6.21. The lowest BCUT2D eigenvalue weighted by Crippen LogP contribution is -2.03. The van der Waals surface area contributed by atoms with Crippen LogP contribution >= 0.6 is 0 Å². The van der Waals surface area contributed by atoms with Crippen LogP contribution in [0, 0.1) is 0 Å². The molecule has 0 unspecified atom stereocenters. The third kappa shape index (κ3) is 2.94. The number of ether oxygens (including phenoxy) is 2. The maximum atomic E-state index is 5.78. The maximum absolute atomic E-state index is 5.78. The molecule has 0 saturated carbocycles. The number of nitrogens with two attached hydrogens (primary N) is 1. The molecule has 1 aromatic heterocycles. The molecule has 7 nitrogen and oxygen atoms in total. The Morgan fingerprint density at radius 1 is 1.15 bits per heavy atom. The van der Waals surface area contributed by atoms with E-state index in [-0.39, 0.29) is 11.7 Å². The van der Waals surface area contributed by atoms with Gasteiger partial charge in [0.2, 0.25) is 5.88 Å². The fraction of sp³-hybridized carbons (Fsp3) is 0.154. The van der Waals surface area contributed by atoms with E-state index in [0.29, 0.717) is 17.1 Å². The number of para-hydroxylation sites is 2. The largest absolute Gasteiger partial charge is 0.493 e. The van der Waals surface area contributed by atoms with Crippen molar-refractivity contribution in [2.24, 2.45) is 5.16 Å². The Kier molecular flexibility index (Phi) is 4.33. The minimum atomic E-state index is 0.241. The molecule has 0 spiro atoms. The van der Waals surface area contributed by atoms with Gasteiger partial charge in [0, 0.05) is 0 Å². The molecule has 104 valence electrons. The summed E-state index contributed by atoms with van der Waals surface area (Å²) in [6, 6.07) is 7.20. The highest BCUT2D eigenvalue weighted by Gasteiger charge is 2.12. The molecule has 0 saturated heterocycles. The molecular formula is C13H14N4O3. The number of hydrogen-bond donors (Lipinski definition) is 1. The van der Waals surface area contributed by atoms with Crippen molar-refractivity contribution in [1.29, 1.82) is 0 Å². The summed E-state index contributed by atoms with van der Waals surface area (Å²) in [5, 5.41) is 3.65. The Morgan fingerprint density at radius 3 is 2.60 bits per heavy atom. The number of anilines is 1. The molecule has 1 heterocycles. The second-order valence-electron chi connectivity index (χ2n) is 3.65. The topological polar surface area (TPSA) is 91.9 Å². The lowest BCUT2D eigenvalue weighted by atomic mass is 10.3. The van der Waals surface area contributed by atoms with E-state index in [0.717, 1.165) is 0 Å². The van der Waals surface area contributed by atoms with Crippen molar-refractivity contribution >= 4 is 12.0 Å². The summed E-state index contributed by atoms with van der Waals surface area (Å²) in [6.07, 6.45) is 2.70. The van der Waals surface area contributed by atoms with Crippen molar-refractivity contribution in [3.63, 3.8) is 0 Å². The van der Waals surface area contributed by atoms with Crippen LogP contribution in [0.2, 0.25) is 0 Å². The molecule has 0 aliphatic rings. The predicted octanol–water partition coefficient (Wildman–Crippen LogP) is 1.84. The van der Waals surface area contributed by atoms with Crippen molar-refractivity contribution in [2.45, 2.75) is 0 Å². The molecule has 2 rings (SSSR count). The van der Waals surface area contributed by atoms with Crippen LogP contribution in [0.15, 0.2) is 35.7 Å². The van der Waals surface area contributed by atoms with Gasteiger partial charge < -0.3 is 20.0 Å². The summed E-state index contributed by atoms with van der Waals surface area (Å²) >= 11 is 0. The van der Waals surface area contributed by atoms with Crippen molar-refractivity contribution in [1.82, 2.24) is 9.97 Å². The number of aromatic nitrogens is 2. The van der Waals surface area contributed by atoms with Crippen molar-refractivity contribution in [3.8, 4) is 17.4 Å². The number of benzene rings is 1. The molecule has 20 heavy (non-hydrogen) atoms. The van der Waals surface area contributed by atoms with Crippen molar-refractivity contribution < 1.29 is 14.3 Å². The molecule has 0 aliphatic carbocycles. The molecular weight excluding hydrogens is 260 g/mol. The van der Waals surface area contributed by atoms with Crippen LogP contribution in [-0.4, -0.2) is 30.4 Å². The lowest BCUT2D eigenvalue weighted by molar-refractivity contribution is 0.215. The molecule has 0 amide bonds. The first-order chi connectivity index (χ1) is 9.76. The lowest BCUT2D eigenvalue weighted by Gasteiger charge is -2.11. The van der Waals surface area contributed by atoms with Crippen LogP contribution in [0.5, 0.6) is 17.4 Å². The van der Waals surface area contributed by atoms with Gasteiger partial charge in [0.15, 0.2) is 11.5 Å². The molecule has 0 radical (unpaired) electrons. The highest BCUT2D eigenvalue weighted by molar-refractivity contribution is 5.88. The van der Waals surface area contributed by atoms with E-state index in [9.17, 15) is 0 Å². The number of hydrogen-bond acceptors (Lipinski definition) is 7. The van der Waals surface area contributed by atoms with Crippen LogP contribution in [0.1, 0.15) is 5.56 Å². The second kappa shape index (κ2) is 6.37. The van der Waals surface area contributed by atoms with E-state index in [1.165, 1.54) is 19.7 Å². The summed E-state index contributed by atoms with van der Waals surface area (Å²) in [5.74, 6) is 1.60. The molecule has 0 fully saturated rings. The number of methoxy groups -OCH3 is 1. The van der Waals surface area contributed by atoms with E-state index in [4.69, 9.17) is 15.2 Å². The van der Waals surface area contributed by atoms with Crippen LogP contribution in [0.3, 0.4) is 0 Å². The number of nitrogen functional groups attached to an aromatic ring is 1. The normalized spacial score (nSPS) is 10.5. The third-order valence-corrected chi connectivity index (χ3v) is 2.44. The summed E-state index contributed by atoms with van der Waals surface area (Å²) in [7, 11) is 2.99. The highest BCUT2D eigenvalue weighted by Crippen LogP contribution is 2.31. The minimum absolute atomic E-state index is 0.241. The zero-order chi connectivity index (χ0) is 14.4. The van der Waals surface area contributed by atoms with Gasteiger partial charge in [0.1, 0.15) is 24.8 Å². The number of nitrogens with zero attached hydrogens (tertiary/aromatic N) is 3. The Labute approximate surface area is 116 Å². The second-order valence-corrected chi connectivity index (χ2v) is 3.65.